The number of nitrogens with zero attached hydrogens (tertiary/aromatic N) is 2. The zero-order valence-corrected chi connectivity index (χ0v) is 13.2. The highest BCUT2D eigenvalue weighted by Crippen LogP contribution is 2.20. The first-order valence-electron chi connectivity index (χ1n) is 7.95. The molecule has 1 aliphatic heterocycles. The molecule has 2 aromatic rings. The molecule has 0 spiro atoms. The lowest BCUT2D eigenvalue weighted by Crippen LogP contribution is -2.45. The van der Waals surface area contributed by atoms with Crippen molar-refractivity contribution in [3.8, 4) is 5.75 Å². The van der Waals surface area contributed by atoms with E-state index in [9.17, 15) is 0 Å². The van der Waals surface area contributed by atoms with Crippen LogP contribution >= 0.6 is 0 Å². The van der Waals surface area contributed by atoms with Gasteiger partial charge >= 0.3 is 0 Å². The third kappa shape index (κ3) is 3.87. The molecule has 0 atom stereocenters. The van der Waals surface area contributed by atoms with Gasteiger partial charge in [0, 0.05) is 44.8 Å². The van der Waals surface area contributed by atoms with Crippen LogP contribution < -0.4 is 4.74 Å². The largest absolute Gasteiger partial charge is 0.496 e. The highest BCUT2D eigenvalue weighted by Gasteiger charge is 2.18. The van der Waals surface area contributed by atoms with Gasteiger partial charge in [-0.15, -0.1) is 0 Å². The van der Waals surface area contributed by atoms with E-state index < -0.39 is 0 Å². The van der Waals surface area contributed by atoms with Crippen molar-refractivity contribution in [2.24, 2.45) is 0 Å². The third-order valence-electron chi connectivity index (χ3n) is 4.30. The Morgan fingerprint density at radius 3 is 2.05 bits per heavy atom. The lowest BCUT2D eigenvalue weighted by molar-refractivity contribution is 0.121. The van der Waals surface area contributed by atoms with E-state index in [1.165, 1.54) is 11.1 Å². The Labute approximate surface area is 133 Å². The fourth-order valence-electron chi connectivity index (χ4n) is 3.02. The fraction of sp³-hybridized carbons (Fsp3) is 0.368. The molecule has 3 nitrogen and oxygen atoms in total. The molecule has 1 fully saturated rings. The van der Waals surface area contributed by atoms with Crippen LogP contribution in [0.15, 0.2) is 54.6 Å². The maximum Gasteiger partial charge on any atom is 0.123 e. The van der Waals surface area contributed by atoms with Crippen LogP contribution in [0.3, 0.4) is 0 Å². The first kappa shape index (κ1) is 15.1. The SMILES string of the molecule is COc1ccccc1CN1CCN(Cc2ccccc2)CC1. The van der Waals surface area contributed by atoms with Crippen LogP contribution in [-0.2, 0) is 13.1 Å². The van der Waals surface area contributed by atoms with Crippen molar-refractivity contribution in [2.45, 2.75) is 13.1 Å². The molecule has 2 aromatic carbocycles. The van der Waals surface area contributed by atoms with Crippen molar-refractivity contribution in [1.82, 2.24) is 9.80 Å². The second kappa shape index (κ2) is 7.43. The highest BCUT2D eigenvalue weighted by atomic mass is 16.5. The number of hydrogen-bond donors (Lipinski definition) is 0. The van der Waals surface area contributed by atoms with Gasteiger partial charge in [0.15, 0.2) is 0 Å². The van der Waals surface area contributed by atoms with E-state index in [-0.39, 0.29) is 0 Å². The molecule has 0 unspecified atom stereocenters. The van der Waals surface area contributed by atoms with E-state index in [1.54, 1.807) is 7.11 Å². The fourth-order valence-corrected chi connectivity index (χ4v) is 3.02. The molecule has 22 heavy (non-hydrogen) atoms. The Morgan fingerprint density at radius 1 is 0.773 bits per heavy atom. The van der Waals surface area contributed by atoms with Gasteiger partial charge in [-0.25, -0.2) is 0 Å². The average molecular weight is 296 g/mol. The van der Waals surface area contributed by atoms with Gasteiger partial charge < -0.3 is 4.74 Å². The van der Waals surface area contributed by atoms with E-state index in [4.69, 9.17) is 4.74 Å². The Balaban J connectivity index is 1.51. The second-order valence-electron chi connectivity index (χ2n) is 5.85. The first-order valence-corrected chi connectivity index (χ1v) is 7.95. The van der Waals surface area contributed by atoms with Gasteiger partial charge in [0.2, 0.25) is 0 Å². The lowest BCUT2D eigenvalue weighted by Gasteiger charge is -2.35. The molecule has 1 saturated heterocycles. The zero-order chi connectivity index (χ0) is 15.2. The molecule has 0 amide bonds. The Hall–Kier alpha value is -1.84. The summed E-state index contributed by atoms with van der Waals surface area (Å²) in [7, 11) is 1.75. The van der Waals surface area contributed by atoms with Crippen molar-refractivity contribution in [3.63, 3.8) is 0 Å². The summed E-state index contributed by atoms with van der Waals surface area (Å²) in [5.74, 6) is 0.995. The molecule has 0 radical (unpaired) electrons. The van der Waals surface area contributed by atoms with E-state index in [2.05, 4.69) is 52.3 Å². The molecule has 0 bridgehead atoms. The van der Waals surface area contributed by atoms with Crippen molar-refractivity contribution in [1.29, 1.82) is 0 Å². The Bertz CT molecular complexity index is 577. The maximum absolute atomic E-state index is 5.45. The van der Waals surface area contributed by atoms with Gasteiger partial charge in [-0.2, -0.15) is 0 Å². The van der Waals surface area contributed by atoms with Crippen LogP contribution in [0, 0.1) is 0 Å². The predicted octanol–water partition coefficient (Wildman–Crippen LogP) is 3.01. The van der Waals surface area contributed by atoms with Crippen LogP contribution in [0.2, 0.25) is 0 Å². The summed E-state index contributed by atoms with van der Waals surface area (Å²) in [6.45, 7) is 6.52. The van der Waals surface area contributed by atoms with E-state index in [1.807, 2.05) is 12.1 Å². The summed E-state index contributed by atoms with van der Waals surface area (Å²) in [6.07, 6.45) is 0. The molecule has 1 aliphatic rings. The predicted molar refractivity (Wildman–Crippen MR) is 90.0 cm³/mol. The van der Waals surface area contributed by atoms with Crippen LogP contribution in [0.4, 0.5) is 0 Å². The van der Waals surface area contributed by atoms with E-state index >= 15 is 0 Å². The van der Waals surface area contributed by atoms with Crippen LogP contribution in [-0.4, -0.2) is 43.1 Å². The molecule has 3 heteroatoms. The van der Waals surface area contributed by atoms with Crippen LogP contribution in [0.1, 0.15) is 11.1 Å². The van der Waals surface area contributed by atoms with Gasteiger partial charge in [-0.3, -0.25) is 9.80 Å². The molecule has 1 heterocycles. The van der Waals surface area contributed by atoms with Crippen LogP contribution in [0.5, 0.6) is 5.75 Å². The summed E-state index contributed by atoms with van der Waals surface area (Å²) >= 11 is 0. The average Bonchev–Trinajstić information content (AvgIpc) is 2.58. The minimum Gasteiger partial charge on any atom is -0.496 e. The van der Waals surface area contributed by atoms with Crippen LogP contribution in [0.25, 0.3) is 0 Å². The number of para-hydroxylation sites is 1. The van der Waals surface area contributed by atoms with E-state index in [0.717, 1.165) is 45.0 Å². The van der Waals surface area contributed by atoms with Gasteiger partial charge in [-0.05, 0) is 11.6 Å². The molecular formula is C19H24N2O. The quantitative estimate of drug-likeness (QED) is 0.843. The summed E-state index contributed by atoms with van der Waals surface area (Å²) < 4.78 is 5.45. The third-order valence-corrected chi connectivity index (χ3v) is 4.30. The van der Waals surface area contributed by atoms with Crippen molar-refractivity contribution < 1.29 is 4.74 Å². The molecule has 116 valence electrons. The van der Waals surface area contributed by atoms with Gasteiger partial charge in [0.05, 0.1) is 7.11 Å². The number of ether oxygens (including phenoxy) is 1. The summed E-state index contributed by atoms with van der Waals surface area (Å²) in [6, 6.07) is 19.1. The Kier molecular flexibility index (Phi) is 5.09. The normalized spacial score (nSPS) is 16.6. The van der Waals surface area contributed by atoms with Gasteiger partial charge in [-0.1, -0.05) is 48.5 Å². The molecule has 0 aromatic heterocycles. The molecule has 0 saturated carbocycles. The minimum absolute atomic E-state index is 0.975. The topological polar surface area (TPSA) is 15.7 Å². The number of piperazine rings is 1. The van der Waals surface area contributed by atoms with Gasteiger partial charge in [0.1, 0.15) is 5.75 Å². The second-order valence-corrected chi connectivity index (χ2v) is 5.85. The van der Waals surface area contributed by atoms with Gasteiger partial charge in [0.25, 0.3) is 0 Å². The molecule has 0 aliphatic carbocycles. The molecule has 3 rings (SSSR count). The number of methoxy groups -OCH3 is 1. The van der Waals surface area contributed by atoms with Crippen molar-refractivity contribution in [3.05, 3.63) is 65.7 Å². The number of hydrogen-bond acceptors (Lipinski definition) is 3. The maximum atomic E-state index is 5.45. The van der Waals surface area contributed by atoms with Crippen molar-refractivity contribution >= 4 is 0 Å². The standard InChI is InChI=1S/C19H24N2O/c1-22-19-10-6-5-9-18(19)16-21-13-11-20(12-14-21)15-17-7-3-2-4-8-17/h2-10H,11-16H2,1H3. The lowest BCUT2D eigenvalue weighted by atomic mass is 10.1. The molecule has 0 N–H and O–H groups in total. The summed E-state index contributed by atoms with van der Waals surface area (Å²) in [5, 5.41) is 0. The molecular weight excluding hydrogens is 272 g/mol. The smallest absolute Gasteiger partial charge is 0.123 e. The Morgan fingerprint density at radius 2 is 1.36 bits per heavy atom. The number of benzene rings is 2. The minimum atomic E-state index is 0.975. The summed E-state index contributed by atoms with van der Waals surface area (Å²) in [5.41, 5.74) is 2.68. The zero-order valence-electron chi connectivity index (χ0n) is 13.2. The first-order chi connectivity index (χ1) is 10.8. The van der Waals surface area contributed by atoms with E-state index in [0.29, 0.717) is 0 Å². The summed E-state index contributed by atoms with van der Waals surface area (Å²) in [4.78, 5) is 5.05. The highest BCUT2D eigenvalue weighted by molar-refractivity contribution is 5.33. The monoisotopic (exact) mass is 296 g/mol. The number of rotatable bonds is 5. The van der Waals surface area contributed by atoms with Crippen molar-refractivity contribution in [2.75, 3.05) is 33.3 Å².